The van der Waals surface area contributed by atoms with Crippen LogP contribution in [0.3, 0.4) is 0 Å². The van der Waals surface area contributed by atoms with E-state index in [0.717, 1.165) is 17.1 Å². The number of rotatable bonds is 4. The quantitative estimate of drug-likeness (QED) is 0.176. The number of anilines is 3. The standard InChI is InChI=1S/C56H39NS/c1-55(2)47-21-11-8-18-43(47)46-30-28-41(34-50(46)55)57(40-26-24-37(25-27-40)36-14-4-3-5-15-36)42-29-31-53-52(35-42)56(51-32-38-16-6-7-17-39(38)33-54(51)58-53)48-22-12-9-19-44(48)45-20-10-13-23-49(45)56/h3-35H,1-2H3. The summed E-state index contributed by atoms with van der Waals surface area (Å²) < 4.78 is 0. The first-order valence-corrected chi connectivity index (χ1v) is 21.1. The van der Waals surface area contributed by atoms with E-state index in [1.54, 1.807) is 0 Å². The monoisotopic (exact) mass is 757 g/mol. The van der Waals surface area contributed by atoms with Gasteiger partial charge in [0.25, 0.3) is 0 Å². The normalized spacial score (nSPS) is 14.6. The molecule has 0 aromatic heterocycles. The molecule has 0 bridgehead atoms. The molecule has 0 atom stereocenters. The molecular formula is C56H39NS. The molecule has 0 fully saturated rings. The second-order valence-electron chi connectivity index (χ2n) is 16.5. The van der Waals surface area contributed by atoms with Crippen LogP contribution in [-0.4, -0.2) is 0 Å². The molecule has 0 N–H and O–H groups in total. The molecule has 1 spiro atoms. The van der Waals surface area contributed by atoms with E-state index in [-0.39, 0.29) is 5.41 Å². The Bertz CT molecular complexity index is 3080. The van der Waals surface area contributed by atoms with Crippen LogP contribution in [-0.2, 0) is 10.8 Å². The molecule has 274 valence electrons. The van der Waals surface area contributed by atoms with Crippen LogP contribution in [0.25, 0.3) is 44.2 Å². The SMILES string of the molecule is CC1(C)c2ccccc2-c2ccc(N(c3ccc(-c4ccccc4)cc3)c3ccc4c(c3)C3(c5cc6ccccc6cc5S4)c4ccccc4-c4ccccc43)cc21. The Morgan fingerprint density at radius 1 is 0.345 bits per heavy atom. The summed E-state index contributed by atoms with van der Waals surface area (Å²) in [6.45, 7) is 4.74. The first kappa shape index (κ1) is 33.5. The Hall–Kier alpha value is -6.61. The Kier molecular flexibility index (Phi) is 7.19. The van der Waals surface area contributed by atoms with Crippen molar-refractivity contribution in [2.24, 2.45) is 0 Å². The van der Waals surface area contributed by atoms with E-state index in [0.29, 0.717) is 0 Å². The van der Waals surface area contributed by atoms with Crippen molar-refractivity contribution in [2.75, 3.05) is 4.90 Å². The van der Waals surface area contributed by atoms with Crippen molar-refractivity contribution in [3.05, 3.63) is 234 Å². The van der Waals surface area contributed by atoms with E-state index < -0.39 is 5.41 Å². The fourth-order valence-electron chi connectivity index (χ4n) is 10.4. The molecule has 3 aliphatic rings. The Labute approximate surface area is 344 Å². The maximum absolute atomic E-state index is 2.51. The van der Waals surface area contributed by atoms with Gasteiger partial charge in [0.1, 0.15) is 0 Å². The lowest BCUT2D eigenvalue weighted by atomic mass is 9.67. The summed E-state index contributed by atoms with van der Waals surface area (Å²) in [5.74, 6) is 0. The number of fused-ring (bicyclic) bond motifs is 13. The third-order valence-electron chi connectivity index (χ3n) is 13.1. The van der Waals surface area contributed by atoms with Crippen molar-refractivity contribution < 1.29 is 0 Å². The first-order valence-electron chi connectivity index (χ1n) is 20.3. The maximum atomic E-state index is 2.51. The van der Waals surface area contributed by atoms with Gasteiger partial charge in [0.2, 0.25) is 0 Å². The van der Waals surface area contributed by atoms with E-state index in [9.17, 15) is 0 Å². The van der Waals surface area contributed by atoms with Gasteiger partial charge in [-0.15, -0.1) is 0 Å². The highest BCUT2D eigenvalue weighted by atomic mass is 32.2. The molecule has 9 aromatic carbocycles. The minimum Gasteiger partial charge on any atom is -0.310 e. The van der Waals surface area contributed by atoms with E-state index in [2.05, 4.69) is 219 Å². The smallest absolute Gasteiger partial charge is 0.0736 e. The van der Waals surface area contributed by atoms with Gasteiger partial charge in [-0.05, 0) is 132 Å². The summed E-state index contributed by atoms with van der Waals surface area (Å²) in [6.07, 6.45) is 0. The highest BCUT2D eigenvalue weighted by Gasteiger charge is 2.50. The molecule has 1 aliphatic heterocycles. The Balaban J connectivity index is 1.11. The summed E-state index contributed by atoms with van der Waals surface area (Å²) in [6, 6.07) is 75.0. The van der Waals surface area contributed by atoms with E-state index in [1.807, 2.05) is 11.8 Å². The first-order chi connectivity index (χ1) is 28.5. The molecule has 58 heavy (non-hydrogen) atoms. The molecule has 0 radical (unpaired) electrons. The van der Waals surface area contributed by atoms with Gasteiger partial charge in [-0.25, -0.2) is 0 Å². The molecule has 1 nitrogen and oxygen atoms in total. The average molecular weight is 758 g/mol. The molecule has 0 amide bonds. The zero-order valence-corrected chi connectivity index (χ0v) is 33.2. The minimum absolute atomic E-state index is 0.120. The lowest BCUT2D eigenvalue weighted by Gasteiger charge is -2.40. The number of hydrogen-bond donors (Lipinski definition) is 0. The highest BCUT2D eigenvalue weighted by molar-refractivity contribution is 7.99. The molecule has 1 heterocycles. The largest absolute Gasteiger partial charge is 0.310 e. The summed E-state index contributed by atoms with van der Waals surface area (Å²) >= 11 is 1.91. The van der Waals surface area contributed by atoms with Crippen LogP contribution in [0.4, 0.5) is 17.1 Å². The highest BCUT2D eigenvalue weighted by Crippen LogP contribution is 2.63. The molecule has 0 saturated carbocycles. The van der Waals surface area contributed by atoms with Crippen LogP contribution < -0.4 is 4.90 Å². The van der Waals surface area contributed by atoms with E-state index >= 15 is 0 Å². The van der Waals surface area contributed by atoms with Gasteiger partial charge >= 0.3 is 0 Å². The second-order valence-corrected chi connectivity index (χ2v) is 17.6. The fourth-order valence-corrected chi connectivity index (χ4v) is 11.6. The second kappa shape index (κ2) is 12.4. The van der Waals surface area contributed by atoms with Crippen molar-refractivity contribution in [1.82, 2.24) is 0 Å². The van der Waals surface area contributed by atoms with Crippen molar-refractivity contribution in [3.63, 3.8) is 0 Å². The molecule has 2 heteroatoms. The van der Waals surface area contributed by atoms with Crippen LogP contribution in [0.5, 0.6) is 0 Å². The van der Waals surface area contributed by atoms with Gasteiger partial charge in [-0.1, -0.05) is 171 Å². The zero-order chi connectivity index (χ0) is 38.6. The Morgan fingerprint density at radius 2 is 0.828 bits per heavy atom. The number of nitrogens with zero attached hydrogens (tertiary/aromatic N) is 1. The van der Waals surface area contributed by atoms with Gasteiger partial charge in [0.05, 0.1) is 5.41 Å². The molecule has 0 saturated heterocycles. The maximum Gasteiger partial charge on any atom is 0.0736 e. The van der Waals surface area contributed by atoms with Gasteiger partial charge in [0.15, 0.2) is 0 Å². The summed E-state index contributed by atoms with van der Waals surface area (Å²) in [7, 11) is 0. The van der Waals surface area contributed by atoms with Crippen LogP contribution in [0, 0.1) is 0 Å². The van der Waals surface area contributed by atoms with Crippen molar-refractivity contribution in [2.45, 2.75) is 34.5 Å². The fraction of sp³-hybridized carbons (Fsp3) is 0.0714. The summed E-state index contributed by atoms with van der Waals surface area (Å²) in [5, 5.41) is 2.54. The van der Waals surface area contributed by atoms with E-state index in [4.69, 9.17) is 0 Å². The van der Waals surface area contributed by atoms with Gasteiger partial charge in [-0.3, -0.25) is 0 Å². The summed E-state index contributed by atoms with van der Waals surface area (Å²) in [5.41, 5.74) is 18.7. The predicted molar refractivity (Wildman–Crippen MR) is 243 cm³/mol. The van der Waals surface area contributed by atoms with Gasteiger partial charge < -0.3 is 4.90 Å². The average Bonchev–Trinajstić information content (AvgIpc) is 3.69. The lowest BCUT2D eigenvalue weighted by molar-refractivity contribution is 0.660. The minimum atomic E-state index is -0.493. The zero-order valence-electron chi connectivity index (χ0n) is 32.4. The van der Waals surface area contributed by atoms with Crippen LogP contribution in [0.15, 0.2) is 210 Å². The molecule has 9 aromatic rings. The van der Waals surface area contributed by atoms with Crippen molar-refractivity contribution in [1.29, 1.82) is 0 Å². The topological polar surface area (TPSA) is 3.24 Å². The Morgan fingerprint density at radius 3 is 1.52 bits per heavy atom. The van der Waals surface area contributed by atoms with Crippen molar-refractivity contribution in [3.8, 4) is 33.4 Å². The molecule has 0 unspecified atom stereocenters. The number of hydrogen-bond acceptors (Lipinski definition) is 2. The third-order valence-corrected chi connectivity index (χ3v) is 14.2. The van der Waals surface area contributed by atoms with Crippen LogP contribution in [0.2, 0.25) is 0 Å². The van der Waals surface area contributed by atoms with Gasteiger partial charge in [0, 0.05) is 32.3 Å². The third kappa shape index (κ3) is 4.67. The number of benzene rings is 9. The predicted octanol–water partition coefficient (Wildman–Crippen LogP) is 15.1. The molecule has 12 rings (SSSR count). The molecular weight excluding hydrogens is 719 g/mol. The lowest BCUT2D eigenvalue weighted by Crippen LogP contribution is -2.32. The summed E-state index contributed by atoms with van der Waals surface area (Å²) in [4.78, 5) is 5.09. The van der Waals surface area contributed by atoms with E-state index in [1.165, 1.54) is 87.3 Å². The van der Waals surface area contributed by atoms with Crippen molar-refractivity contribution >= 4 is 39.6 Å². The van der Waals surface area contributed by atoms with Crippen LogP contribution in [0.1, 0.15) is 47.2 Å². The van der Waals surface area contributed by atoms with Crippen LogP contribution >= 0.6 is 11.8 Å². The molecule has 2 aliphatic carbocycles. The van der Waals surface area contributed by atoms with Gasteiger partial charge in [-0.2, -0.15) is 0 Å².